The van der Waals surface area contributed by atoms with E-state index in [9.17, 15) is 30.0 Å². The molecule has 0 aliphatic rings. The van der Waals surface area contributed by atoms with Crippen molar-refractivity contribution in [1.29, 1.82) is 0 Å². The van der Waals surface area contributed by atoms with Gasteiger partial charge in [-0.05, 0) is 6.42 Å². The van der Waals surface area contributed by atoms with Crippen molar-refractivity contribution in [3.8, 4) is 0 Å². The first-order chi connectivity index (χ1) is 11.9. The van der Waals surface area contributed by atoms with E-state index in [4.69, 9.17) is 5.11 Å². The smallest absolute Gasteiger partial charge is 0.229 e. The third kappa shape index (κ3) is 10.0. The third-order valence-electron chi connectivity index (χ3n) is 4.31. The molecule has 0 rings (SSSR count). The zero-order valence-corrected chi connectivity index (χ0v) is 15.1. The summed E-state index contributed by atoms with van der Waals surface area (Å²) in [5.41, 5.74) is 0. The summed E-state index contributed by atoms with van der Waals surface area (Å²) in [6, 6.07) is 0. The summed E-state index contributed by atoms with van der Waals surface area (Å²) in [7, 11) is 0. The molecule has 4 atom stereocenters. The first-order valence-electron chi connectivity index (χ1n) is 9.26. The number of unbranched alkanes of at least 4 members (excludes halogenated alkanes) is 8. The van der Waals surface area contributed by atoms with Crippen molar-refractivity contribution in [3.63, 3.8) is 0 Å². The Morgan fingerprint density at radius 1 is 0.760 bits per heavy atom. The molecule has 0 amide bonds. The van der Waals surface area contributed by atoms with Crippen molar-refractivity contribution >= 4 is 11.6 Å². The Balaban J connectivity index is 3.96. The van der Waals surface area contributed by atoms with Crippen molar-refractivity contribution in [3.05, 3.63) is 0 Å². The van der Waals surface area contributed by atoms with E-state index in [1.165, 1.54) is 32.1 Å². The second-order valence-electron chi connectivity index (χ2n) is 6.54. The Hall–Kier alpha value is -0.860. The molecule has 0 bridgehead atoms. The fraction of sp³-hybridized carbons (Fsp3) is 0.889. The Labute approximate surface area is 149 Å². The maximum absolute atomic E-state index is 11.8. The molecule has 0 aliphatic carbocycles. The molecule has 0 radical (unpaired) electrons. The Morgan fingerprint density at radius 2 is 1.24 bits per heavy atom. The van der Waals surface area contributed by atoms with Crippen LogP contribution in [0.1, 0.15) is 71.1 Å². The number of rotatable bonds is 16. The lowest BCUT2D eigenvalue weighted by Gasteiger charge is -2.24. The zero-order chi connectivity index (χ0) is 19.2. The molecule has 7 nitrogen and oxygen atoms in total. The van der Waals surface area contributed by atoms with Gasteiger partial charge in [-0.2, -0.15) is 0 Å². The van der Waals surface area contributed by atoms with Crippen LogP contribution in [-0.2, 0) is 9.59 Å². The lowest BCUT2D eigenvalue weighted by Crippen LogP contribution is -2.50. The van der Waals surface area contributed by atoms with Gasteiger partial charge in [-0.1, -0.05) is 58.3 Å². The summed E-state index contributed by atoms with van der Waals surface area (Å²) >= 11 is 0. The molecule has 5 N–H and O–H groups in total. The first-order valence-corrected chi connectivity index (χ1v) is 9.26. The summed E-state index contributed by atoms with van der Waals surface area (Å²) in [5.74, 6) is -1.99. The predicted molar refractivity (Wildman–Crippen MR) is 93.0 cm³/mol. The minimum Gasteiger partial charge on any atom is -0.394 e. The third-order valence-corrected chi connectivity index (χ3v) is 4.31. The van der Waals surface area contributed by atoms with Crippen LogP contribution in [0.25, 0.3) is 0 Å². The van der Waals surface area contributed by atoms with E-state index < -0.39 is 42.6 Å². The molecule has 7 heteroatoms. The van der Waals surface area contributed by atoms with Crippen LogP contribution < -0.4 is 0 Å². The highest BCUT2D eigenvalue weighted by Gasteiger charge is 2.36. The number of carbonyl (C=O) groups excluding carboxylic acids is 2. The molecule has 0 aliphatic heterocycles. The number of hydrogen-bond donors (Lipinski definition) is 5. The van der Waals surface area contributed by atoms with Gasteiger partial charge in [0.25, 0.3) is 0 Å². The molecule has 0 fully saturated rings. The van der Waals surface area contributed by atoms with Gasteiger partial charge in [-0.3, -0.25) is 9.59 Å². The first kappa shape index (κ1) is 24.1. The van der Waals surface area contributed by atoms with Crippen molar-refractivity contribution < 1.29 is 35.1 Å². The van der Waals surface area contributed by atoms with E-state index in [1.807, 2.05) is 0 Å². The average Bonchev–Trinajstić information content (AvgIpc) is 2.63. The topological polar surface area (TPSA) is 135 Å². The van der Waals surface area contributed by atoms with Crippen LogP contribution in [0.2, 0.25) is 0 Å². The molecule has 0 saturated heterocycles. The molecule has 4 unspecified atom stereocenters. The SMILES string of the molecule is CCCCCCCCCCCC(=O)C(=O)C(O)C(O)C(O)C(O)CO. The lowest BCUT2D eigenvalue weighted by molar-refractivity contribution is -0.154. The minimum atomic E-state index is -2.11. The Bertz CT molecular complexity index is 372. The number of aliphatic hydroxyl groups is 5. The molecule has 148 valence electrons. The van der Waals surface area contributed by atoms with Crippen LogP contribution in [0.15, 0.2) is 0 Å². The summed E-state index contributed by atoms with van der Waals surface area (Å²) in [6.07, 6.45) is 1.78. The number of ketones is 2. The molecule has 0 aromatic heterocycles. The molecule has 0 spiro atoms. The number of hydrogen-bond acceptors (Lipinski definition) is 7. The van der Waals surface area contributed by atoms with Crippen LogP contribution in [-0.4, -0.2) is 68.1 Å². The van der Waals surface area contributed by atoms with E-state index in [1.54, 1.807) is 0 Å². The van der Waals surface area contributed by atoms with Crippen LogP contribution >= 0.6 is 0 Å². The van der Waals surface area contributed by atoms with Crippen LogP contribution in [0.4, 0.5) is 0 Å². The molecule has 0 aromatic rings. The molecule has 0 aromatic carbocycles. The lowest BCUT2D eigenvalue weighted by atomic mass is 9.96. The van der Waals surface area contributed by atoms with Crippen molar-refractivity contribution in [2.75, 3.05) is 6.61 Å². The normalized spacial score (nSPS) is 16.2. The van der Waals surface area contributed by atoms with Gasteiger partial charge in [0.2, 0.25) is 11.6 Å². The fourth-order valence-corrected chi connectivity index (χ4v) is 2.56. The second-order valence-corrected chi connectivity index (χ2v) is 6.54. The van der Waals surface area contributed by atoms with Gasteiger partial charge in [0.05, 0.1) is 6.61 Å². The maximum atomic E-state index is 11.8. The fourth-order valence-electron chi connectivity index (χ4n) is 2.56. The van der Waals surface area contributed by atoms with Gasteiger partial charge in [-0.25, -0.2) is 0 Å². The highest BCUT2D eigenvalue weighted by Crippen LogP contribution is 2.12. The van der Waals surface area contributed by atoms with Gasteiger partial charge in [0, 0.05) is 6.42 Å². The summed E-state index contributed by atoms with van der Waals surface area (Å²) < 4.78 is 0. The van der Waals surface area contributed by atoms with Gasteiger partial charge < -0.3 is 25.5 Å². The van der Waals surface area contributed by atoms with Gasteiger partial charge >= 0.3 is 0 Å². The number of carbonyl (C=O) groups is 2. The summed E-state index contributed by atoms with van der Waals surface area (Å²) in [4.78, 5) is 23.5. The maximum Gasteiger partial charge on any atom is 0.229 e. The van der Waals surface area contributed by atoms with Crippen molar-refractivity contribution in [2.24, 2.45) is 0 Å². The van der Waals surface area contributed by atoms with E-state index in [0.29, 0.717) is 6.42 Å². The standard InChI is InChI=1S/C18H34O7/c1-2-3-4-5-6-7-8-9-10-11-13(20)15(22)17(24)18(25)16(23)14(21)12-19/h14,16-19,21,23-25H,2-12H2,1H3. The molecule has 0 heterocycles. The van der Waals surface area contributed by atoms with E-state index >= 15 is 0 Å². The highest BCUT2D eigenvalue weighted by atomic mass is 16.4. The van der Waals surface area contributed by atoms with E-state index in [2.05, 4.69) is 6.92 Å². The minimum absolute atomic E-state index is 0.0168. The molecule has 0 saturated carbocycles. The zero-order valence-electron chi connectivity index (χ0n) is 15.1. The average molecular weight is 362 g/mol. The van der Waals surface area contributed by atoms with E-state index in [-0.39, 0.29) is 6.42 Å². The molecular weight excluding hydrogens is 328 g/mol. The van der Waals surface area contributed by atoms with Gasteiger partial charge in [0.15, 0.2) is 0 Å². The van der Waals surface area contributed by atoms with Crippen molar-refractivity contribution in [1.82, 2.24) is 0 Å². The molecular formula is C18H34O7. The molecule has 25 heavy (non-hydrogen) atoms. The van der Waals surface area contributed by atoms with Crippen LogP contribution in [0.5, 0.6) is 0 Å². The number of Topliss-reactive ketones (excluding diaryl/α,β-unsaturated/α-hetero) is 2. The van der Waals surface area contributed by atoms with Gasteiger partial charge in [-0.15, -0.1) is 0 Å². The highest BCUT2D eigenvalue weighted by molar-refractivity contribution is 6.38. The van der Waals surface area contributed by atoms with Crippen molar-refractivity contribution in [2.45, 2.75) is 95.5 Å². The Kier molecular flexibility index (Phi) is 13.8. The summed E-state index contributed by atoms with van der Waals surface area (Å²) in [6.45, 7) is 1.33. The van der Waals surface area contributed by atoms with E-state index in [0.717, 1.165) is 19.3 Å². The quantitative estimate of drug-likeness (QED) is 0.199. The largest absolute Gasteiger partial charge is 0.394 e. The second kappa shape index (κ2) is 14.3. The van der Waals surface area contributed by atoms with Crippen LogP contribution in [0.3, 0.4) is 0 Å². The van der Waals surface area contributed by atoms with Crippen LogP contribution in [0, 0.1) is 0 Å². The Morgan fingerprint density at radius 3 is 1.72 bits per heavy atom. The monoisotopic (exact) mass is 362 g/mol. The predicted octanol–water partition coefficient (Wildman–Crippen LogP) is 0.481. The summed E-state index contributed by atoms with van der Waals surface area (Å²) in [5, 5.41) is 46.6. The number of aliphatic hydroxyl groups excluding tert-OH is 5. The van der Waals surface area contributed by atoms with Gasteiger partial charge in [0.1, 0.15) is 24.4 Å².